The number of ether oxygens (including phenoxy) is 1. The summed E-state index contributed by atoms with van der Waals surface area (Å²) in [6.07, 6.45) is 5.50. The van der Waals surface area contributed by atoms with Crippen LogP contribution in [0, 0.1) is 24.4 Å². The monoisotopic (exact) mass is 630 g/mol. The summed E-state index contributed by atoms with van der Waals surface area (Å²) in [6.45, 7) is 6.90. The van der Waals surface area contributed by atoms with Crippen molar-refractivity contribution in [3.63, 3.8) is 0 Å². The van der Waals surface area contributed by atoms with Gasteiger partial charge in [-0.1, -0.05) is 6.07 Å². The zero-order chi connectivity index (χ0) is 31.8. The molecule has 2 heterocycles. The molecular formula is C31H37F3N6O3S. The van der Waals surface area contributed by atoms with E-state index in [0.717, 1.165) is 67.6 Å². The van der Waals surface area contributed by atoms with Crippen molar-refractivity contribution in [1.29, 1.82) is 0 Å². The van der Waals surface area contributed by atoms with E-state index in [-0.39, 0.29) is 29.0 Å². The van der Waals surface area contributed by atoms with E-state index >= 15 is 8.78 Å². The molecular weight excluding hydrogens is 593 g/mol. The number of sulfonamides is 1. The first kappa shape index (κ1) is 31.7. The van der Waals surface area contributed by atoms with Gasteiger partial charge in [-0.15, -0.1) is 0 Å². The van der Waals surface area contributed by atoms with Crippen LogP contribution in [-0.2, 0) is 14.8 Å². The number of halogens is 3. The number of fused-ring (bicyclic) bond motifs is 1. The summed E-state index contributed by atoms with van der Waals surface area (Å²) in [7, 11) is -2.88. The van der Waals surface area contributed by atoms with Gasteiger partial charge < -0.3 is 15.8 Å². The number of aryl methyl sites for hydroxylation is 1. The molecule has 0 bridgehead atoms. The lowest BCUT2D eigenvalue weighted by Gasteiger charge is -2.30. The summed E-state index contributed by atoms with van der Waals surface area (Å²) in [5.41, 5.74) is 7.75. The van der Waals surface area contributed by atoms with Gasteiger partial charge in [0.05, 0.1) is 23.2 Å². The maximum Gasteiger partial charge on any atom is 0.264 e. The van der Waals surface area contributed by atoms with Crippen molar-refractivity contribution in [3.8, 4) is 11.3 Å². The fraction of sp³-hybridized carbons (Fsp3) is 0.419. The largest absolute Gasteiger partial charge is 0.383 e. The lowest BCUT2D eigenvalue weighted by molar-refractivity contribution is 0.191. The normalized spacial score (nSPS) is 17.5. The van der Waals surface area contributed by atoms with Crippen LogP contribution in [0.1, 0.15) is 62.6 Å². The predicted octanol–water partition coefficient (Wildman–Crippen LogP) is 6.05. The van der Waals surface area contributed by atoms with E-state index in [0.29, 0.717) is 23.6 Å². The number of aromatic nitrogens is 3. The molecule has 2 aromatic carbocycles. The summed E-state index contributed by atoms with van der Waals surface area (Å²) in [6, 6.07) is 5.36. The van der Waals surface area contributed by atoms with Crippen molar-refractivity contribution in [2.45, 2.75) is 69.4 Å². The fourth-order valence-corrected chi connectivity index (χ4v) is 7.10. The molecule has 2 aromatic heterocycles. The van der Waals surface area contributed by atoms with E-state index in [2.05, 4.69) is 10.3 Å². The minimum absolute atomic E-state index is 0.103. The van der Waals surface area contributed by atoms with Gasteiger partial charge in [0.2, 0.25) is 0 Å². The van der Waals surface area contributed by atoms with Crippen molar-refractivity contribution < 1.29 is 26.3 Å². The van der Waals surface area contributed by atoms with Gasteiger partial charge in [0.1, 0.15) is 33.9 Å². The summed E-state index contributed by atoms with van der Waals surface area (Å²) in [5, 5.41) is 8.62. The third kappa shape index (κ3) is 6.26. The highest BCUT2D eigenvalue weighted by molar-refractivity contribution is 7.92. The van der Waals surface area contributed by atoms with Gasteiger partial charge in [-0.25, -0.2) is 26.6 Å². The maximum atomic E-state index is 15.7. The Kier molecular flexibility index (Phi) is 9.19. The maximum absolute atomic E-state index is 15.7. The van der Waals surface area contributed by atoms with Crippen LogP contribution in [0.25, 0.3) is 22.2 Å². The van der Waals surface area contributed by atoms with Crippen LogP contribution in [0.2, 0.25) is 0 Å². The highest BCUT2D eigenvalue weighted by atomic mass is 32.2. The molecule has 1 aliphatic carbocycles. The molecule has 0 atom stereocenters. The Morgan fingerprint density at radius 2 is 1.80 bits per heavy atom. The highest BCUT2D eigenvalue weighted by Crippen LogP contribution is 2.42. The number of benzene rings is 2. The van der Waals surface area contributed by atoms with E-state index < -0.39 is 38.1 Å². The minimum Gasteiger partial charge on any atom is -0.383 e. The van der Waals surface area contributed by atoms with Gasteiger partial charge in [-0.3, -0.25) is 9.40 Å². The number of nitrogens with zero attached hydrogens (tertiary/aromatic N) is 3. The van der Waals surface area contributed by atoms with Crippen LogP contribution < -0.4 is 15.8 Å². The Morgan fingerprint density at radius 1 is 1.07 bits per heavy atom. The van der Waals surface area contributed by atoms with Gasteiger partial charge in [0, 0.05) is 43.6 Å². The van der Waals surface area contributed by atoms with E-state index in [1.54, 1.807) is 24.9 Å². The lowest BCUT2D eigenvalue weighted by Crippen LogP contribution is -2.34. The first-order chi connectivity index (χ1) is 20.9. The summed E-state index contributed by atoms with van der Waals surface area (Å²) >= 11 is 0. The molecule has 9 nitrogen and oxygen atoms in total. The van der Waals surface area contributed by atoms with Gasteiger partial charge in [0.25, 0.3) is 10.0 Å². The minimum atomic E-state index is -4.55. The Hall–Kier alpha value is -3.68. The highest BCUT2D eigenvalue weighted by Gasteiger charge is 2.30. The van der Waals surface area contributed by atoms with Crippen LogP contribution in [0.5, 0.6) is 0 Å². The average Bonchev–Trinajstić information content (AvgIpc) is 3.38. The number of pyridine rings is 1. The quantitative estimate of drug-likeness (QED) is 0.182. The van der Waals surface area contributed by atoms with Crippen molar-refractivity contribution in [3.05, 3.63) is 65.1 Å². The first-order valence-electron chi connectivity index (χ1n) is 14.6. The van der Waals surface area contributed by atoms with Gasteiger partial charge in [0.15, 0.2) is 0 Å². The molecule has 0 amide bonds. The molecule has 1 saturated carbocycles. The molecule has 1 fully saturated rings. The zero-order valence-corrected chi connectivity index (χ0v) is 25.9. The Balaban J connectivity index is 1.52. The van der Waals surface area contributed by atoms with E-state index in [4.69, 9.17) is 15.6 Å². The molecule has 236 valence electrons. The number of hydrogen-bond donors (Lipinski definition) is 3. The third-order valence-corrected chi connectivity index (χ3v) is 9.49. The number of nitrogen functional groups attached to an aromatic ring is 1. The van der Waals surface area contributed by atoms with Crippen LogP contribution in [0.4, 0.5) is 24.7 Å². The van der Waals surface area contributed by atoms with Crippen LogP contribution in [-0.4, -0.2) is 49.5 Å². The Labute approximate surface area is 255 Å². The van der Waals surface area contributed by atoms with E-state index in [1.807, 2.05) is 18.6 Å². The number of rotatable bonds is 10. The second-order valence-corrected chi connectivity index (χ2v) is 13.2. The van der Waals surface area contributed by atoms with E-state index in [9.17, 15) is 12.8 Å². The number of nitrogens with two attached hydrogens (primary N) is 1. The van der Waals surface area contributed by atoms with Gasteiger partial charge >= 0.3 is 0 Å². The smallest absolute Gasteiger partial charge is 0.264 e. The summed E-state index contributed by atoms with van der Waals surface area (Å²) in [5.74, 6) is -2.71. The van der Waals surface area contributed by atoms with Gasteiger partial charge in [-0.05, 0) is 81.7 Å². The molecule has 44 heavy (non-hydrogen) atoms. The second kappa shape index (κ2) is 12.7. The molecule has 0 saturated heterocycles. The molecule has 0 radical (unpaired) electrons. The number of hydrogen-bond acceptors (Lipinski definition) is 7. The first-order valence-corrected chi connectivity index (χ1v) is 16.1. The number of nitrogens with one attached hydrogen (secondary N) is 2. The van der Waals surface area contributed by atoms with Crippen LogP contribution >= 0.6 is 0 Å². The summed E-state index contributed by atoms with van der Waals surface area (Å²) < 4.78 is 80.1. The number of anilines is 2. The van der Waals surface area contributed by atoms with Gasteiger partial charge in [-0.2, -0.15) is 5.10 Å². The molecule has 0 aliphatic heterocycles. The van der Waals surface area contributed by atoms with Crippen molar-refractivity contribution in [2.24, 2.45) is 0 Å². The van der Waals surface area contributed by atoms with Crippen molar-refractivity contribution in [2.75, 3.05) is 30.7 Å². The standard InChI is InChI=1S/C31H37F3N6O3S/c1-17(2)40-30-22(19-6-8-20(9-7-19)36-11-12-43-4)16-37-31(35)28(30)29(38-40)21-14-25(34)26(15-24(21)33)39-44(41,42)27-13-18(3)5-10-23(27)32/h5,10,13-17,19-20,36,39H,6-9,11-12H2,1-4H3,(H2,35,37)/t19-,20-. The lowest BCUT2D eigenvalue weighted by atomic mass is 9.81. The van der Waals surface area contributed by atoms with E-state index in [1.165, 1.54) is 6.07 Å². The average molecular weight is 631 g/mol. The van der Waals surface area contributed by atoms with Crippen LogP contribution in [0.15, 0.2) is 41.4 Å². The fourth-order valence-electron chi connectivity index (χ4n) is 5.88. The summed E-state index contributed by atoms with van der Waals surface area (Å²) in [4.78, 5) is 3.76. The molecule has 1 aliphatic rings. The molecule has 4 aromatic rings. The predicted molar refractivity (Wildman–Crippen MR) is 164 cm³/mol. The SMILES string of the molecule is COCCN[C@H]1CC[C@H](c2cnc(N)c3c(-c4cc(F)c(NS(=O)(=O)c5cc(C)ccc5F)cc4F)nn(C(C)C)c32)CC1. The third-order valence-electron chi connectivity index (χ3n) is 8.11. The molecule has 0 spiro atoms. The zero-order valence-electron chi connectivity index (χ0n) is 25.1. The molecule has 13 heteroatoms. The van der Waals surface area contributed by atoms with Crippen LogP contribution in [0.3, 0.4) is 0 Å². The molecule has 5 rings (SSSR count). The topological polar surface area (TPSA) is 124 Å². The number of methoxy groups -OCH3 is 1. The van der Waals surface area contributed by atoms with Crippen molar-refractivity contribution in [1.82, 2.24) is 20.1 Å². The molecule has 4 N–H and O–H groups in total. The van der Waals surface area contributed by atoms with Crippen molar-refractivity contribution >= 4 is 32.4 Å². The Morgan fingerprint density at radius 3 is 2.48 bits per heavy atom. The molecule has 0 unspecified atom stereocenters. The second-order valence-electron chi connectivity index (χ2n) is 11.6. The Bertz CT molecular complexity index is 1790.